The van der Waals surface area contributed by atoms with Gasteiger partial charge in [-0.25, -0.2) is 4.79 Å². The molecule has 0 amide bonds. The number of nitrogens with one attached hydrogen (secondary N) is 1. The van der Waals surface area contributed by atoms with Crippen molar-refractivity contribution in [1.29, 1.82) is 0 Å². The third-order valence-corrected chi connectivity index (χ3v) is 2.41. The van der Waals surface area contributed by atoms with Crippen LogP contribution in [0.2, 0.25) is 0 Å². The monoisotopic (exact) mass is 200 g/mol. The molecule has 1 rings (SSSR count). The van der Waals surface area contributed by atoms with E-state index in [1.54, 1.807) is 6.07 Å². The van der Waals surface area contributed by atoms with Crippen LogP contribution in [0.25, 0.3) is 0 Å². The first-order chi connectivity index (χ1) is 6.20. The maximum Gasteiger partial charge on any atom is 0.348 e. The highest BCUT2D eigenvalue weighted by Gasteiger charge is 2.07. The summed E-state index contributed by atoms with van der Waals surface area (Å²) in [5.74, 6) is -0.212. The number of carbonyl (C=O) groups is 1. The SMILES string of the molecule is C[NH+](C)CCOC(=O)c1cccs1. The molecule has 0 bridgehead atoms. The average Bonchev–Trinajstić information content (AvgIpc) is 2.55. The first-order valence-corrected chi connectivity index (χ1v) is 5.08. The fourth-order valence-corrected chi connectivity index (χ4v) is 1.43. The summed E-state index contributed by atoms with van der Waals surface area (Å²) in [5.41, 5.74) is 0. The molecule has 72 valence electrons. The van der Waals surface area contributed by atoms with Crippen LogP contribution >= 0.6 is 11.3 Å². The molecule has 0 spiro atoms. The van der Waals surface area contributed by atoms with Gasteiger partial charge in [0.1, 0.15) is 18.0 Å². The van der Waals surface area contributed by atoms with Gasteiger partial charge in [-0.3, -0.25) is 0 Å². The zero-order valence-electron chi connectivity index (χ0n) is 7.87. The minimum absolute atomic E-state index is 0.212. The molecule has 0 aromatic carbocycles. The maximum atomic E-state index is 11.3. The summed E-state index contributed by atoms with van der Waals surface area (Å²) in [6, 6.07) is 3.62. The summed E-state index contributed by atoms with van der Waals surface area (Å²) in [5, 5.41) is 1.87. The fraction of sp³-hybridized carbons (Fsp3) is 0.444. The van der Waals surface area contributed by atoms with Crippen molar-refractivity contribution < 1.29 is 14.4 Å². The van der Waals surface area contributed by atoms with Gasteiger partial charge in [-0.1, -0.05) is 6.07 Å². The van der Waals surface area contributed by atoms with E-state index in [4.69, 9.17) is 4.74 Å². The van der Waals surface area contributed by atoms with Gasteiger partial charge in [0.25, 0.3) is 0 Å². The van der Waals surface area contributed by atoms with Gasteiger partial charge in [0.05, 0.1) is 14.1 Å². The Morgan fingerprint density at radius 3 is 2.92 bits per heavy atom. The second-order valence-electron chi connectivity index (χ2n) is 3.07. The van der Waals surface area contributed by atoms with Gasteiger partial charge in [-0.2, -0.15) is 0 Å². The number of thiophene rings is 1. The standard InChI is InChI=1S/C9H13NO2S/c1-10(2)5-6-12-9(11)8-4-3-7-13-8/h3-4,7H,5-6H2,1-2H3/p+1. The molecular weight excluding hydrogens is 186 g/mol. The van der Waals surface area contributed by atoms with E-state index < -0.39 is 0 Å². The Morgan fingerprint density at radius 1 is 1.62 bits per heavy atom. The average molecular weight is 200 g/mol. The fourth-order valence-electron chi connectivity index (χ4n) is 0.814. The molecule has 1 heterocycles. The van der Waals surface area contributed by atoms with Gasteiger partial charge in [0, 0.05) is 0 Å². The lowest BCUT2D eigenvalue weighted by Crippen LogP contribution is -3.06. The van der Waals surface area contributed by atoms with Gasteiger partial charge >= 0.3 is 5.97 Å². The van der Waals surface area contributed by atoms with Gasteiger partial charge < -0.3 is 9.64 Å². The van der Waals surface area contributed by atoms with Crippen LogP contribution in [0.4, 0.5) is 0 Å². The number of rotatable bonds is 4. The predicted molar refractivity (Wildman–Crippen MR) is 52.3 cm³/mol. The molecule has 13 heavy (non-hydrogen) atoms. The molecule has 0 fully saturated rings. The van der Waals surface area contributed by atoms with Crippen molar-refractivity contribution in [2.45, 2.75) is 0 Å². The summed E-state index contributed by atoms with van der Waals surface area (Å²) in [6.45, 7) is 1.33. The van der Waals surface area contributed by atoms with Crippen LogP contribution in [-0.2, 0) is 4.74 Å². The molecule has 1 aromatic heterocycles. The van der Waals surface area contributed by atoms with Crippen LogP contribution in [0.1, 0.15) is 9.67 Å². The van der Waals surface area contributed by atoms with Crippen LogP contribution in [0.5, 0.6) is 0 Å². The van der Waals surface area contributed by atoms with Crippen LogP contribution in [-0.4, -0.2) is 33.2 Å². The highest BCUT2D eigenvalue weighted by atomic mass is 32.1. The van der Waals surface area contributed by atoms with E-state index >= 15 is 0 Å². The summed E-state index contributed by atoms with van der Waals surface area (Å²) >= 11 is 1.41. The number of ether oxygens (including phenoxy) is 1. The summed E-state index contributed by atoms with van der Waals surface area (Å²) < 4.78 is 5.05. The number of likely N-dealkylation sites (N-methyl/N-ethyl adjacent to an activating group) is 1. The van der Waals surface area contributed by atoms with Gasteiger partial charge in [-0.05, 0) is 11.4 Å². The Morgan fingerprint density at radius 2 is 2.38 bits per heavy atom. The Bertz CT molecular complexity index is 257. The minimum atomic E-state index is -0.212. The molecule has 1 N–H and O–H groups in total. The lowest BCUT2D eigenvalue weighted by atomic mass is 10.5. The third kappa shape index (κ3) is 3.57. The van der Waals surface area contributed by atoms with Gasteiger partial charge in [0.15, 0.2) is 0 Å². The molecule has 0 radical (unpaired) electrons. The largest absolute Gasteiger partial charge is 0.456 e. The van der Waals surface area contributed by atoms with Crippen molar-refractivity contribution in [3.8, 4) is 0 Å². The van der Waals surface area contributed by atoms with Crippen molar-refractivity contribution in [3.63, 3.8) is 0 Å². The van der Waals surface area contributed by atoms with E-state index in [1.807, 2.05) is 25.5 Å². The highest BCUT2D eigenvalue weighted by Crippen LogP contribution is 2.09. The van der Waals surface area contributed by atoms with E-state index in [0.29, 0.717) is 11.5 Å². The van der Waals surface area contributed by atoms with Crippen molar-refractivity contribution >= 4 is 17.3 Å². The first-order valence-electron chi connectivity index (χ1n) is 4.20. The molecule has 0 aliphatic heterocycles. The van der Waals surface area contributed by atoms with E-state index in [9.17, 15) is 4.79 Å². The number of quaternary nitrogens is 1. The van der Waals surface area contributed by atoms with Crippen molar-refractivity contribution in [2.24, 2.45) is 0 Å². The van der Waals surface area contributed by atoms with E-state index in [-0.39, 0.29) is 5.97 Å². The van der Waals surface area contributed by atoms with E-state index in [0.717, 1.165) is 6.54 Å². The number of esters is 1. The first kappa shape index (κ1) is 10.2. The molecule has 0 saturated heterocycles. The molecule has 0 atom stereocenters. The van der Waals surface area contributed by atoms with Crippen LogP contribution in [0, 0.1) is 0 Å². The number of hydrogen-bond acceptors (Lipinski definition) is 3. The zero-order chi connectivity index (χ0) is 9.68. The topological polar surface area (TPSA) is 30.7 Å². The second kappa shape index (κ2) is 4.99. The van der Waals surface area contributed by atoms with Crippen molar-refractivity contribution in [2.75, 3.05) is 27.2 Å². The van der Waals surface area contributed by atoms with Gasteiger partial charge in [-0.15, -0.1) is 11.3 Å². The molecular formula is C9H14NO2S+. The summed E-state index contributed by atoms with van der Waals surface area (Å²) in [4.78, 5) is 13.2. The molecule has 0 unspecified atom stereocenters. The third-order valence-electron chi connectivity index (χ3n) is 1.56. The van der Waals surface area contributed by atoms with Crippen molar-refractivity contribution in [3.05, 3.63) is 22.4 Å². The van der Waals surface area contributed by atoms with Gasteiger partial charge in [0.2, 0.25) is 0 Å². The van der Waals surface area contributed by atoms with E-state index in [2.05, 4.69) is 0 Å². The molecule has 0 aliphatic rings. The smallest absolute Gasteiger partial charge is 0.348 e. The molecule has 3 nitrogen and oxygen atoms in total. The van der Waals surface area contributed by atoms with E-state index in [1.165, 1.54) is 16.2 Å². The Balaban J connectivity index is 2.27. The van der Waals surface area contributed by atoms with Crippen LogP contribution in [0.15, 0.2) is 17.5 Å². The summed E-state index contributed by atoms with van der Waals surface area (Å²) in [7, 11) is 4.05. The van der Waals surface area contributed by atoms with Crippen LogP contribution < -0.4 is 4.90 Å². The van der Waals surface area contributed by atoms with Crippen molar-refractivity contribution in [1.82, 2.24) is 0 Å². The zero-order valence-corrected chi connectivity index (χ0v) is 8.69. The predicted octanol–water partition coefficient (Wildman–Crippen LogP) is 0.0494. The Labute approximate surface area is 81.9 Å². The normalized spacial score (nSPS) is 10.4. The lowest BCUT2D eigenvalue weighted by Gasteiger charge is -2.06. The molecule has 1 aromatic rings. The maximum absolute atomic E-state index is 11.3. The molecule has 4 heteroatoms. The number of hydrogen-bond donors (Lipinski definition) is 1. The Kier molecular flexibility index (Phi) is 3.92. The molecule has 0 saturated carbocycles. The number of carbonyl (C=O) groups excluding carboxylic acids is 1. The quantitative estimate of drug-likeness (QED) is 0.696. The highest BCUT2D eigenvalue weighted by molar-refractivity contribution is 7.11. The molecule has 0 aliphatic carbocycles. The van der Waals surface area contributed by atoms with Crippen LogP contribution in [0.3, 0.4) is 0 Å². The second-order valence-corrected chi connectivity index (χ2v) is 4.02. The minimum Gasteiger partial charge on any atom is -0.456 e. The lowest BCUT2D eigenvalue weighted by molar-refractivity contribution is -0.858. The summed E-state index contributed by atoms with van der Waals surface area (Å²) in [6.07, 6.45) is 0. The Hall–Kier alpha value is -0.870.